The molecule has 10 heteroatoms. The maximum absolute atomic E-state index is 9.25. The van der Waals surface area contributed by atoms with Crippen molar-refractivity contribution in [3.8, 4) is 0 Å². The van der Waals surface area contributed by atoms with Gasteiger partial charge in [0.1, 0.15) is 0 Å². The van der Waals surface area contributed by atoms with E-state index in [1.807, 2.05) is 12.2 Å². The van der Waals surface area contributed by atoms with Crippen molar-refractivity contribution >= 4 is 23.1 Å². The van der Waals surface area contributed by atoms with Gasteiger partial charge in [-0.05, 0) is 12.2 Å². The van der Waals surface area contributed by atoms with E-state index >= 15 is 0 Å². The highest BCUT2D eigenvalue weighted by Crippen LogP contribution is 1.95. The fourth-order valence-corrected chi connectivity index (χ4v) is 0.774. The normalized spacial score (nSPS) is 7.78. The summed E-state index contributed by atoms with van der Waals surface area (Å²) in [6.45, 7) is 9.37. The second-order valence-electron chi connectivity index (χ2n) is 3.08. The van der Waals surface area contributed by atoms with Crippen molar-refractivity contribution in [3.05, 3.63) is 31.1 Å². The Labute approximate surface area is 112 Å². The first-order chi connectivity index (χ1) is 8.36. The molecule has 0 aliphatic heterocycles. The summed E-state index contributed by atoms with van der Waals surface area (Å²) in [4.78, 5) is 0. The zero-order valence-corrected chi connectivity index (χ0v) is 11.7. The first-order valence-corrected chi connectivity index (χ1v) is 5.50. The summed E-state index contributed by atoms with van der Waals surface area (Å²) >= 11 is -1.50. The fourth-order valence-electron chi connectivity index (χ4n) is 0.774. The highest BCUT2D eigenvalue weighted by Gasteiger charge is 2.07. The zero-order chi connectivity index (χ0) is 15.4. The Hall–Kier alpha value is -1.10. The van der Waals surface area contributed by atoms with E-state index in [9.17, 15) is 8.96 Å². The summed E-state index contributed by atoms with van der Waals surface area (Å²) in [6, 6.07) is 0. The highest BCUT2D eigenvalue weighted by molar-refractivity contribution is 7.51. The standard InChI is InChI=1S/C8H16N.F2N.2O2S/c1-5-7-9(3,4)8-6-2;3*1-3-2/h5-6H,1-2,7-8H2,3-4H3;;;/q+1;-1;;. The Morgan fingerprint density at radius 1 is 1.00 bits per heavy atom. The van der Waals surface area contributed by atoms with Crippen LogP contribution in [0.4, 0.5) is 8.96 Å². The van der Waals surface area contributed by atoms with E-state index in [1.54, 1.807) is 0 Å². The largest absolute Gasteiger partial charge is 0.339 e. The Morgan fingerprint density at radius 2 is 1.17 bits per heavy atom. The predicted octanol–water partition coefficient (Wildman–Crippen LogP) is 1.22. The summed E-state index contributed by atoms with van der Waals surface area (Å²) < 4.78 is 52.6. The molecule has 0 rings (SSSR count). The van der Waals surface area contributed by atoms with Gasteiger partial charge in [-0.2, -0.15) is 16.8 Å². The molecule has 0 atom stereocenters. The van der Waals surface area contributed by atoms with Gasteiger partial charge in [-0.25, -0.2) is 0 Å². The Kier molecular flexibility index (Phi) is 35.6. The lowest BCUT2D eigenvalue weighted by Crippen LogP contribution is -2.39. The first-order valence-electron chi connectivity index (χ1n) is 4.16. The van der Waals surface area contributed by atoms with Gasteiger partial charge in [-0.3, -0.25) is 0 Å². The van der Waals surface area contributed by atoms with Gasteiger partial charge in [-0.1, -0.05) is 13.2 Å². The molecule has 18 heavy (non-hydrogen) atoms. The molecule has 0 amide bonds. The molecular formula is C8H16F2N2O4S2. The van der Waals surface area contributed by atoms with Crippen LogP contribution in [0, 0.1) is 0 Å². The summed E-state index contributed by atoms with van der Waals surface area (Å²) in [5.41, 5.74) is 0. The molecule has 0 N–H and O–H groups in total. The number of quaternary nitrogens is 1. The van der Waals surface area contributed by atoms with Crippen molar-refractivity contribution in [2.24, 2.45) is 0 Å². The Balaban J connectivity index is -0.0000000902. The van der Waals surface area contributed by atoms with Crippen LogP contribution in [-0.2, 0) is 23.1 Å². The van der Waals surface area contributed by atoms with Gasteiger partial charge in [0.05, 0.1) is 27.2 Å². The average Bonchev–Trinajstić information content (AvgIpc) is 2.20. The minimum atomic E-state index is -0.750. The molecule has 0 aliphatic rings. The van der Waals surface area contributed by atoms with Crippen LogP contribution in [0.5, 0.6) is 0 Å². The van der Waals surface area contributed by atoms with Crippen molar-refractivity contribution in [3.63, 3.8) is 0 Å². The van der Waals surface area contributed by atoms with E-state index in [0.29, 0.717) is 5.76 Å². The topological polar surface area (TPSA) is 82.4 Å². The smallest absolute Gasteiger partial charge is 0.335 e. The van der Waals surface area contributed by atoms with Crippen LogP contribution in [0.15, 0.2) is 25.3 Å². The molecule has 0 unspecified atom stereocenters. The van der Waals surface area contributed by atoms with Crippen molar-refractivity contribution < 1.29 is 30.3 Å². The van der Waals surface area contributed by atoms with Crippen LogP contribution in [-0.4, -0.2) is 48.5 Å². The van der Waals surface area contributed by atoms with Gasteiger partial charge in [-0.15, -0.1) is 0 Å². The van der Waals surface area contributed by atoms with Crippen molar-refractivity contribution in [1.29, 1.82) is 0 Å². The zero-order valence-electron chi connectivity index (χ0n) is 10.1. The molecule has 0 aromatic rings. The molecule has 6 nitrogen and oxygen atoms in total. The van der Waals surface area contributed by atoms with E-state index in [0.717, 1.165) is 17.6 Å². The molecule has 0 saturated heterocycles. The second kappa shape index (κ2) is 24.9. The van der Waals surface area contributed by atoms with Crippen molar-refractivity contribution in [2.45, 2.75) is 0 Å². The summed E-state index contributed by atoms with van der Waals surface area (Å²) in [5.74, 6) is 0.500. The number of hydrogen-bond acceptors (Lipinski definition) is 4. The number of hydrogen-bond donors (Lipinski definition) is 0. The highest BCUT2D eigenvalue weighted by atomic mass is 32.1. The maximum atomic E-state index is 9.25. The van der Waals surface area contributed by atoms with E-state index in [4.69, 9.17) is 16.8 Å². The molecule has 0 aromatic carbocycles. The molecule has 108 valence electrons. The molecule has 0 aliphatic carbocycles. The van der Waals surface area contributed by atoms with E-state index in [1.165, 1.54) is 0 Å². The van der Waals surface area contributed by atoms with Crippen LogP contribution < -0.4 is 0 Å². The summed E-state index contributed by atoms with van der Waals surface area (Å²) in [5, 5.41) is 0. The molecular weight excluding hydrogens is 290 g/mol. The van der Waals surface area contributed by atoms with Crippen molar-refractivity contribution in [2.75, 3.05) is 27.2 Å². The third-order valence-electron chi connectivity index (χ3n) is 1.25. The van der Waals surface area contributed by atoms with E-state index in [2.05, 4.69) is 27.3 Å². The molecule has 0 heterocycles. The lowest BCUT2D eigenvalue weighted by molar-refractivity contribution is -0.878. The van der Waals surface area contributed by atoms with Gasteiger partial charge in [0.2, 0.25) is 0 Å². The summed E-state index contributed by atoms with van der Waals surface area (Å²) in [7, 11) is 4.31. The van der Waals surface area contributed by atoms with Crippen LogP contribution >= 0.6 is 0 Å². The number of nitrogens with zero attached hydrogens (tertiary/aromatic N) is 2. The molecule has 0 bridgehead atoms. The number of halogens is 2. The Bertz CT molecular complexity index is 242. The van der Waals surface area contributed by atoms with Gasteiger partial charge in [0, 0.05) is 0 Å². The number of rotatable bonds is 4. The van der Waals surface area contributed by atoms with Gasteiger partial charge in [0.25, 0.3) is 0 Å². The average molecular weight is 306 g/mol. The van der Waals surface area contributed by atoms with Crippen LogP contribution in [0.3, 0.4) is 0 Å². The summed E-state index contributed by atoms with van der Waals surface area (Å²) in [6.07, 6.45) is 3.87. The lowest BCUT2D eigenvalue weighted by Gasteiger charge is -2.26. The van der Waals surface area contributed by atoms with E-state index < -0.39 is 23.1 Å². The Morgan fingerprint density at radius 3 is 1.28 bits per heavy atom. The monoisotopic (exact) mass is 306 g/mol. The molecule has 0 radical (unpaired) electrons. The van der Waals surface area contributed by atoms with Gasteiger partial charge in [0.15, 0.2) is 0 Å². The maximum Gasteiger partial charge on any atom is 0.335 e. The number of likely N-dealkylation sites (N-methyl/N-ethyl adjacent to an activating group) is 1. The first kappa shape index (κ1) is 25.7. The third kappa shape index (κ3) is 60.5. The van der Waals surface area contributed by atoms with Gasteiger partial charge < -0.3 is 19.2 Å². The molecule has 0 saturated carbocycles. The lowest BCUT2D eigenvalue weighted by atomic mass is 10.4. The molecule has 0 fully saturated rings. The minimum absolute atomic E-state index is 0.500. The third-order valence-corrected chi connectivity index (χ3v) is 1.25. The SMILES string of the molecule is C=CC[N+](C)(C)CC=C.F[N-]F.O=S=O.O=S=O. The van der Waals surface area contributed by atoms with Crippen LogP contribution in [0.1, 0.15) is 0 Å². The second-order valence-corrected chi connectivity index (χ2v) is 3.35. The minimum Gasteiger partial charge on any atom is -0.339 e. The molecule has 0 aromatic heterocycles. The fraction of sp³-hybridized carbons (Fsp3) is 0.500. The van der Waals surface area contributed by atoms with Crippen molar-refractivity contribution in [1.82, 2.24) is 0 Å². The van der Waals surface area contributed by atoms with E-state index in [-0.39, 0.29) is 0 Å². The van der Waals surface area contributed by atoms with Crippen LogP contribution in [0.25, 0.3) is 5.76 Å². The molecule has 0 spiro atoms. The van der Waals surface area contributed by atoms with Crippen LogP contribution in [0.2, 0.25) is 0 Å². The van der Waals surface area contributed by atoms with Gasteiger partial charge >= 0.3 is 23.1 Å². The predicted molar refractivity (Wildman–Crippen MR) is 65.7 cm³/mol. The quantitative estimate of drug-likeness (QED) is 0.577.